The summed E-state index contributed by atoms with van der Waals surface area (Å²) in [6.07, 6.45) is 0. The summed E-state index contributed by atoms with van der Waals surface area (Å²) in [5, 5.41) is 3.87. The highest BCUT2D eigenvalue weighted by molar-refractivity contribution is 7.16. The monoisotopic (exact) mass is 395 g/mol. The number of aryl methyl sites for hydroxylation is 1. The highest BCUT2D eigenvalue weighted by atomic mass is 35.5. The van der Waals surface area contributed by atoms with Gasteiger partial charge >= 0.3 is 5.97 Å². The molecule has 0 atom stereocenters. The predicted octanol–water partition coefficient (Wildman–Crippen LogP) is 5.03. The number of hydrogen-bond acceptors (Lipinski definition) is 5. The van der Waals surface area contributed by atoms with Gasteiger partial charge in [0.05, 0.1) is 12.2 Å². The van der Waals surface area contributed by atoms with Crippen molar-refractivity contribution >= 4 is 39.8 Å². The molecular weight excluding hydrogens is 374 g/mol. The number of esters is 1. The molecular formula is C19H22ClNO4S. The third-order valence-corrected chi connectivity index (χ3v) is 5.34. The molecule has 140 valence electrons. The predicted molar refractivity (Wildman–Crippen MR) is 105 cm³/mol. The standard InChI is InChI=1S/C19H22ClNO4S/c1-5-24-19(23)14-9-16(11(2)3)26-18(14)21-17(22)10-25-13-6-7-15(20)12(4)8-13/h6-9,11H,5,10H2,1-4H3,(H,21,22). The maximum atomic E-state index is 12.2. The van der Waals surface area contributed by atoms with Crippen LogP contribution in [0.3, 0.4) is 0 Å². The number of carbonyl (C=O) groups is 2. The van der Waals surface area contributed by atoms with Crippen molar-refractivity contribution in [2.24, 2.45) is 0 Å². The summed E-state index contributed by atoms with van der Waals surface area (Å²) in [4.78, 5) is 25.4. The van der Waals surface area contributed by atoms with Gasteiger partial charge in [-0.25, -0.2) is 4.79 Å². The summed E-state index contributed by atoms with van der Waals surface area (Å²) < 4.78 is 10.6. The SMILES string of the molecule is CCOC(=O)c1cc(C(C)C)sc1NC(=O)COc1ccc(Cl)c(C)c1. The molecule has 1 N–H and O–H groups in total. The molecule has 0 saturated carbocycles. The Morgan fingerprint density at radius 3 is 2.62 bits per heavy atom. The van der Waals surface area contributed by atoms with Crippen molar-refractivity contribution in [1.29, 1.82) is 0 Å². The van der Waals surface area contributed by atoms with E-state index in [2.05, 4.69) is 5.32 Å². The third-order valence-electron chi connectivity index (χ3n) is 3.57. The molecule has 0 aliphatic heterocycles. The number of ether oxygens (including phenoxy) is 2. The maximum absolute atomic E-state index is 12.2. The van der Waals surface area contributed by atoms with Crippen LogP contribution in [0.2, 0.25) is 5.02 Å². The van der Waals surface area contributed by atoms with Gasteiger partial charge in [-0.3, -0.25) is 4.79 Å². The van der Waals surface area contributed by atoms with Gasteiger partial charge < -0.3 is 14.8 Å². The van der Waals surface area contributed by atoms with Crippen LogP contribution in [0.25, 0.3) is 0 Å². The first-order chi connectivity index (χ1) is 12.3. The van der Waals surface area contributed by atoms with Gasteiger partial charge in [0.25, 0.3) is 5.91 Å². The Bertz CT molecular complexity index is 801. The van der Waals surface area contributed by atoms with Gasteiger partial charge in [-0.1, -0.05) is 25.4 Å². The van der Waals surface area contributed by atoms with E-state index in [4.69, 9.17) is 21.1 Å². The molecule has 0 saturated heterocycles. The molecule has 1 aromatic carbocycles. The van der Waals surface area contributed by atoms with Crippen molar-refractivity contribution in [3.05, 3.63) is 45.3 Å². The van der Waals surface area contributed by atoms with Crippen LogP contribution in [0.4, 0.5) is 5.00 Å². The van der Waals surface area contributed by atoms with Crippen LogP contribution in [0.5, 0.6) is 5.75 Å². The lowest BCUT2D eigenvalue weighted by atomic mass is 10.1. The Balaban J connectivity index is 2.07. The third kappa shape index (κ3) is 5.22. The van der Waals surface area contributed by atoms with Crippen LogP contribution in [-0.4, -0.2) is 25.1 Å². The topological polar surface area (TPSA) is 64.6 Å². The fraction of sp³-hybridized carbons (Fsp3) is 0.368. The normalized spacial score (nSPS) is 10.7. The highest BCUT2D eigenvalue weighted by Gasteiger charge is 2.20. The molecule has 0 spiro atoms. The molecule has 1 aromatic heterocycles. The zero-order valence-corrected chi connectivity index (χ0v) is 16.8. The number of carbonyl (C=O) groups excluding carboxylic acids is 2. The first-order valence-corrected chi connectivity index (χ1v) is 9.50. The van der Waals surface area contributed by atoms with Crippen LogP contribution >= 0.6 is 22.9 Å². The minimum absolute atomic E-state index is 0.168. The van der Waals surface area contributed by atoms with E-state index in [1.165, 1.54) is 11.3 Å². The van der Waals surface area contributed by atoms with Gasteiger partial charge in [-0.15, -0.1) is 11.3 Å². The zero-order valence-electron chi connectivity index (χ0n) is 15.2. The molecule has 2 rings (SSSR count). The van der Waals surface area contributed by atoms with Crippen molar-refractivity contribution in [2.75, 3.05) is 18.5 Å². The minimum atomic E-state index is -0.444. The van der Waals surface area contributed by atoms with Crippen LogP contribution in [-0.2, 0) is 9.53 Å². The Labute approximate surface area is 162 Å². The molecule has 0 radical (unpaired) electrons. The minimum Gasteiger partial charge on any atom is -0.484 e. The molecule has 2 aromatic rings. The fourth-order valence-electron chi connectivity index (χ4n) is 2.17. The molecule has 0 bridgehead atoms. The van der Waals surface area contributed by atoms with Gasteiger partial charge in [-0.05, 0) is 49.6 Å². The zero-order chi connectivity index (χ0) is 19.3. The maximum Gasteiger partial charge on any atom is 0.341 e. The van der Waals surface area contributed by atoms with E-state index in [9.17, 15) is 9.59 Å². The Hall–Kier alpha value is -2.05. The van der Waals surface area contributed by atoms with Crippen molar-refractivity contribution in [3.63, 3.8) is 0 Å². The number of nitrogens with one attached hydrogen (secondary N) is 1. The van der Waals surface area contributed by atoms with Gasteiger partial charge in [0.15, 0.2) is 6.61 Å². The first kappa shape index (κ1) is 20.3. The quantitative estimate of drug-likeness (QED) is 0.668. The molecule has 0 fully saturated rings. The van der Waals surface area contributed by atoms with Crippen molar-refractivity contribution in [2.45, 2.75) is 33.6 Å². The summed E-state index contributed by atoms with van der Waals surface area (Å²) in [5.74, 6) is 0.00865. The van der Waals surface area contributed by atoms with Crippen molar-refractivity contribution in [1.82, 2.24) is 0 Å². The molecule has 0 unspecified atom stereocenters. The summed E-state index contributed by atoms with van der Waals surface area (Å²) in [5.41, 5.74) is 1.24. The summed E-state index contributed by atoms with van der Waals surface area (Å²) in [6, 6.07) is 6.96. The van der Waals surface area contributed by atoms with E-state index in [1.807, 2.05) is 20.8 Å². The summed E-state index contributed by atoms with van der Waals surface area (Å²) >= 11 is 7.34. The molecule has 1 heterocycles. The van der Waals surface area contributed by atoms with E-state index < -0.39 is 5.97 Å². The first-order valence-electron chi connectivity index (χ1n) is 8.31. The number of anilines is 1. The second-order valence-corrected chi connectivity index (χ2v) is 7.51. The van der Waals surface area contributed by atoms with E-state index in [0.29, 0.717) is 21.3 Å². The van der Waals surface area contributed by atoms with Crippen molar-refractivity contribution < 1.29 is 19.1 Å². The number of thiophene rings is 1. The Morgan fingerprint density at radius 2 is 2.00 bits per heavy atom. The van der Waals surface area contributed by atoms with E-state index in [-0.39, 0.29) is 25.0 Å². The fourth-order valence-corrected chi connectivity index (χ4v) is 3.35. The molecule has 26 heavy (non-hydrogen) atoms. The molecule has 0 aliphatic rings. The van der Waals surface area contributed by atoms with Crippen LogP contribution in [0.15, 0.2) is 24.3 Å². The summed E-state index contributed by atoms with van der Waals surface area (Å²) in [7, 11) is 0. The molecule has 1 amide bonds. The molecule has 5 nitrogen and oxygen atoms in total. The van der Waals surface area contributed by atoms with Gasteiger partial charge in [0.2, 0.25) is 0 Å². The lowest BCUT2D eigenvalue weighted by Gasteiger charge is -2.09. The Kier molecular flexibility index (Phi) is 7.06. The number of halogens is 1. The molecule has 7 heteroatoms. The lowest BCUT2D eigenvalue weighted by molar-refractivity contribution is -0.118. The largest absolute Gasteiger partial charge is 0.484 e. The van der Waals surface area contributed by atoms with Crippen LogP contribution in [0.1, 0.15) is 47.5 Å². The van der Waals surface area contributed by atoms with E-state index >= 15 is 0 Å². The van der Waals surface area contributed by atoms with E-state index in [1.54, 1.807) is 31.2 Å². The van der Waals surface area contributed by atoms with Crippen LogP contribution in [0, 0.1) is 6.92 Å². The average Bonchev–Trinajstić information content (AvgIpc) is 3.00. The van der Waals surface area contributed by atoms with E-state index in [0.717, 1.165) is 10.4 Å². The van der Waals surface area contributed by atoms with Crippen LogP contribution < -0.4 is 10.1 Å². The van der Waals surface area contributed by atoms with Crippen molar-refractivity contribution in [3.8, 4) is 5.75 Å². The molecule has 0 aliphatic carbocycles. The summed E-state index contributed by atoms with van der Waals surface area (Å²) in [6.45, 7) is 7.76. The second-order valence-electron chi connectivity index (χ2n) is 6.01. The van der Waals surface area contributed by atoms with Gasteiger partial charge in [-0.2, -0.15) is 0 Å². The smallest absolute Gasteiger partial charge is 0.341 e. The number of rotatable bonds is 7. The Morgan fingerprint density at radius 1 is 1.27 bits per heavy atom. The van der Waals surface area contributed by atoms with Gasteiger partial charge in [0, 0.05) is 9.90 Å². The second kappa shape index (κ2) is 9.05. The number of amides is 1. The number of benzene rings is 1. The highest BCUT2D eigenvalue weighted by Crippen LogP contribution is 2.33. The number of hydrogen-bond donors (Lipinski definition) is 1. The van der Waals surface area contributed by atoms with Gasteiger partial charge in [0.1, 0.15) is 10.8 Å². The average molecular weight is 396 g/mol. The lowest BCUT2D eigenvalue weighted by Crippen LogP contribution is -2.21.